The number of nitrogens with one attached hydrogen (secondary N) is 1. The molecule has 7 heteroatoms. The van der Waals surface area contributed by atoms with Crippen molar-refractivity contribution in [1.29, 1.82) is 0 Å². The summed E-state index contributed by atoms with van der Waals surface area (Å²) in [7, 11) is -3.71. The third kappa shape index (κ3) is 3.86. The summed E-state index contributed by atoms with van der Waals surface area (Å²) in [6, 6.07) is 14.6. The fourth-order valence-electron chi connectivity index (χ4n) is 3.64. The van der Waals surface area contributed by atoms with E-state index in [1.807, 2.05) is 55.6 Å². The number of anilines is 1. The van der Waals surface area contributed by atoms with Gasteiger partial charge in [-0.1, -0.05) is 41.4 Å². The van der Waals surface area contributed by atoms with Crippen LogP contribution in [0.1, 0.15) is 16.7 Å². The Morgan fingerprint density at radius 2 is 1.69 bits per heavy atom. The van der Waals surface area contributed by atoms with Crippen molar-refractivity contribution in [3.8, 4) is 11.3 Å². The Balaban J connectivity index is 1.70. The Kier molecular flexibility index (Phi) is 4.84. The number of imidazole rings is 1. The van der Waals surface area contributed by atoms with E-state index in [1.165, 1.54) is 0 Å². The van der Waals surface area contributed by atoms with Crippen molar-refractivity contribution in [1.82, 2.24) is 9.38 Å². The van der Waals surface area contributed by atoms with E-state index >= 15 is 0 Å². The van der Waals surface area contributed by atoms with E-state index in [9.17, 15) is 8.42 Å². The summed E-state index contributed by atoms with van der Waals surface area (Å²) in [5.74, 6) is 0. The molecule has 0 aliphatic rings. The maximum Gasteiger partial charge on any atom is 0.262 e. The molecule has 2 aromatic carbocycles. The van der Waals surface area contributed by atoms with Crippen molar-refractivity contribution >= 4 is 33.0 Å². The number of sulfonamides is 1. The molecule has 4 aromatic rings. The molecule has 148 valence electrons. The number of benzene rings is 2. The van der Waals surface area contributed by atoms with Crippen molar-refractivity contribution in [2.45, 2.75) is 25.7 Å². The zero-order valence-electron chi connectivity index (χ0n) is 16.3. The number of pyridine rings is 1. The number of aromatic nitrogens is 2. The van der Waals surface area contributed by atoms with E-state index in [0.29, 0.717) is 15.6 Å². The van der Waals surface area contributed by atoms with Crippen LogP contribution in [-0.4, -0.2) is 17.8 Å². The molecule has 0 bridgehead atoms. The third-order valence-electron chi connectivity index (χ3n) is 4.70. The summed E-state index contributed by atoms with van der Waals surface area (Å²) >= 11 is 6.04. The third-order valence-corrected chi connectivity index (χ3v) is 6.61. The maximum absolute atomic E-state index is 13.0. The first-order valence-corrected chi connectivity index (χ1v) is 10.9. The van der Waals surface area contributed by atoms with Crippen LogP contribution < -0.4 is 4.72 Å². The fourth-order valence-corrected chi connectivity index (χ4v) is 5.32. The zero-order chi connectivity index (χ0) is 20.8. The molecule has 2 aromatic heterocycles. The summed E-state index contributed by atoms with van der Waals surface area (Å²) in [6.45, 7) is 5.58. The van der Waals surface area contributed by atoms with Crippen LogP contribution in [0.15, 0.2) is 65.8 Å². The van der Waals surface area contributed by atoms with Crippen LogP contribution in [0.25, 0.3) is 16.9 Å². The summed E-state index contributed by atoms with van der Waals surface area (Å²) in [5.41, 5.74) is 5.27. The molecule has 29 heavy (non-hydrogen) atoms. The normalized spacial score (nSPS) is 11.7. The Labute approximate surface area is 175 Å². The Morgan fingerprint density at radius 3 is 2.41 bits per heavy atom. The number of fused-ring (bicyclic) bond motifs is 1. The van der Waals surface area contributed by atoms with E-state index in [-0.39, 0.29) is 0 Å². The molecule has 4 rings (SSSR count). The van der Waals surface area contributed by atoms with Gasteiger partial charge in [0, 0.05) is 23.6 Å². The second-order valence-corrected chi connectivity index (χ2v) is 9.21. The molecule has 0 amide bonds. The lowest BCUT2D eigenvalue weighted by Crippen LogP contribution is -2.16. The minimum atomic E-state index is -3.71. The highest BCUT2D eigenvalue weighted by Crippen LogP contribution is 2.27. The summed E-state index contributed by atoms with van der Waals surface area (Å²) in [6.07, 6.45) is 3.64. The van der Waals surface area contributed by atoms with Gasteiger partial charge in [0.05, 0.1) is 15.6 Å². The number of rotatable bonds is 4. The lowest BCUT2D eigenvalue weighted by Gasteiger charge is -2.14. The van der Waals surface area contributed by atoms with Gasteiger partial charge in [0.1, 0.15) is 5.65 Å². The molecule has 0 fully saturated rings. The largest absolute Gasteiger partial charge is 0.305 e. The highest BCUT2D eigenvalue weighted by atomic mass is 35.5. The highest BCUT2D eigenvalue weighted by molar-refractivity contribution is 7.92. The molecule has 2 heterocycles. The Morgan fingerprint density at radius 1 is 0.966 bits per heavy atom. The molecule has 0 radical (unpaired) electrons. The molecule has 1 N–H and O–H groups in total. The Bertz CT molecular complexity index is 1320. The lowest BCUT2D eigenvalue weighted by molar-refractivity contribution is 0.600. The van der Waals surface area contributed by atoms with E-state index in [2.05, 4.69) is 9.71 Å². The fraction of sp³-hybridized carbons (Fsp3) is 0.136. The zero-order valence-corrected chi connectivity index (χ0v) is 17.8. The first-order valence-electron chi connectivity index (χ1n) is 9.08. The van der Waals surface area contributed by atoms with Gasteiger partial charge in [0.15, 0.2) is 0 Å². The molecule has 0 aliphatic carbocycles. The first kappa shape index (κ1) is 19.5. The van der Waals surface area contributed by atoms with Gasteiger partial charge in [-0.2, -0.15) is 0 Å². The summed E-state index contributed by atoms with van der Waals surface area (Å²) in [4.78, 5) is 4.90. The van der Waals surface area contributed by atoms with Crippen molar-refractivity contribution in [3.05, 3.63) is 82.6 Å². The maximum atomic E-state index is 13.0. The van der Waals surface area contributed by atoms with Gasteiger partial charge in [0.2, 0.25) is 0 Å². The predicted octanol–water partition coefficient (Wildman–Crippen LogP) is 5.38. The Hall–Kier alpha value is -2.83. The number of aryl methyl sites for hydroxylation is 3. The van der Waals surface area contributed by atoms with Crippen LogP contribution in [0.5, 0.6) is 0 Å². The minimum Gasteiger partial charge on any atom is -0.305 e. The van der Waals surface area contributed by atoms with Gasteiger partial charge in [-0.3, -0.25) is 4.72 Å². The molecule has 5 nitrogen and oxygen atoms in total. The van der Waals surface area contributed by atoms with E-state index in [1.54, 1.807) is 30.5 Å². The number of hydrogen-bond acceptors (Lipinski definition) is 3. The number of halogens is 1. The van der Waals surface area contributed by atoms with Gasteiger partial charge in [-0.25, -0.2) is 13.4 Å². The SMILES string of the molecule is Cc1cc(C)c(S(=O)(=O)Nc2cccc(-c3cn4cc(Cl)ccc4n3)c2)c(C)c1. The van der Waals surface area contributed by atoms with E-state index in [0.717, 1.165) is 33.6 Å². The second kappa shape index (κ2) is 7.21. The lowest BCUT2D eigenvalue weighted by atomic mass is 10.1. The number of hydrogen-bond donors (Lipinski definition) is 1. The van der Waals surface area contributed by atoms with Crippen molar-refractivity contribution in [2.75, 3.05) is 4.72 Å². The van der Waals surface area contributed by atoms with E-state index in [4.69, 9.17) is 11.6 Å². The second-order valence-electron chi connectivity index (χ2n) is 7.15. The van der Waals surface area contributed by atoms with Gasteiger partial charge < -0.3 is 4.40 Å². The van der Waals surface area contributed by atoms with Crippen LogP contribution in [0.2, 0.25) is 5.02 Å². The van der Waals surface area contributed by atoms with Gasteiger partial charge >= 0.3 is 0 Å². The highest BCUT2D eigenvalue weighted by Gasteiger charge is 2.20. The van der Waals surface area contributed by atoms with Gasteiger partial charge in [-0.15, -0.1) is 0 Å². The predicted molar refractivity (Wildman–Crippen MR) is 117 cm³/mol. The molecule has 0 spiro atoms. The standard InChI is InChI=1S/C22H20ClN3O2S/c1-14-9-15(2)22(16(3)10-14)29(27,28)25-19-6-4-5-17(11-19)20-13-26-12-18(23)7-8-21(26)24-20/h4-13,25H,1-3H3. The smallest absolute Gasteiger partial charge is 0.262 e. The van der Waals surface area contributed by atoms with Crippen molar-refractivity contribution in [2.24, 2.45) is 0 Å². The van der Waals surface area contributed by atoms with Crippen LogP contribution >= 0.6 is 11.6 Å². The monoisotopic (exact) mass is 425 g/mol. The molecule has 0 saturated heterocycles. The van der Waals surface area contributed by atoms with Crippen LogP contribution in [0, 0.1) is 20.8 Å². The van der Waals surface area contributed by atoms with Crippen molar-refractivity contribution in [3.63, 3.8) is 0 Å². The first-order chi connectivity index (χ1) is 13.7. The molecule has 0 unspecified atom stereocenters. The van der Waals surface area contributed by atoms with Crippen molar-refractivity contribution < 1.29 is 8.42 Å². The average molecular weight is 426 g/mol. The van der Waals surface area contributed by atoms with E-state index < -0.39 is 10.0 Å². The molecular weight excluding hydrogens is 406 g/mol. The quantitative estimate of drug-likeness (QED) is 0.477. The molecule has 0 atom stereocenters. The van der Waals surface area contributed by atoms with Crippen LogP contribution in [0.4, 0.5) is 5.69 Å². The molecule has 0 aliphatic heterocycles. The van der Waals surface area contributed by atoms with Crippen LogP contribution in [-0.2, 0) is 10.0 Å². The van der Waals surface area contributed by atoms with Crippen LogP contribution in [0.3, 0.4) is 0 Å². The minimum absolute atomic E-state index is 0.316. The average Bonchev–Trinajstić information content (AvgIpc) is 3.03. The van der Waals surface area contributed by atoms with Gasteiger partial charge in [-0.05, 0) is 56.2 Å². The molecular formula is C22H20ClN3O2S. The summed E-state index contributed by atoms with van der Waals surface area (Å²) < 4.78 is 30.6. The number of nitrogens with zero attached hydrogens (tertiary/aromatic N) is 2. The summed E-state index contributed by atoms with van der Waals surface area (Å²) in [5, 5.41) is 0.617. The van der Waals surface area contributed by atoms with Gasteiger partial charge in [0.25, 0.3) is 10.0 Å². The molecule has 0 saturated carbocycles. The topological polar surface area (TPSA) is 63.5 Å².